The highest BCUT2D eigenvalue weighted by Gasteiger charge is 2.45. The van der Waals surface area contributed by atoms with Gasteiger partial charge in [0.1, 0.15) is 28.9 Å². The van der Waals surface area contributed by atoms with Gasteiger partial charge in [0.2, 0.25) is 5.88 Å². The van der Waals surface area contributed by atoms with Gasteiger partial charge in [-0.05, 0) is 30.7 Å². The van der Waals surface area contributed by atoms with Crippen molar-refractivity contribution in [1.29, 1.82) is 0 Å². The molecule has 1 N–H and O–H groups in total. The molecule has 4 aromatic rings. The number of carboxylic acid groups (broad SMARTS) is 1. The zero-order valence-electron chi connectivity index (χ0n) is 21.8. The Bertz CT molecular complexity index is 1600. The standard InChI is InChI=1S/C28H27F3N4O5/c1-14-9-18(28(31)7-8-38-13-15(28)2)26(32-11-14)39-16-10-19(27(36)37)35(12-16)25-22-21(33-24(34-25)23(29)30)17-5-3-4-6-20(17)40-22/h3-6,9,11,15-16,19,23H,7-8,10,12-13H2,1-2H3,(H,36,37)/t15-,16-,19-,28+/m0/s1. The number of rotatable bonds is 6. The molecule has 0 aliphatic carbocycles. The van der Waals surface area contributed by atoms with Crippen LogP contribution < -0.4 is 9.64 Å². The molecule has 40 heavy (non-hydrogen) atoms. The Morgan fingerprint density at radius 2 is 2.08 bits per heavy atom. The van der Waals surface area contributed by atoms with Crippen LogP contribution in [0.25, 0.3) is 22.1 Å². The van der Waals surface area contributed by atoms with Crippen LogP contribution in [0.1, 0.15) is 43.1 Å². The molecular weight excluding hydrogens is 529 g/mol. The molecule has 0 unspecified atom stereocenters. The van der Waals surface area contributed by atoms with Crippen LogP contribution in [-0.4, -0.2) is 57.9 Å². The molecular formula is C28H27F3N4O5. The second-order valence-electron chi connectivity index (χ2n) is 10.4. The van der Waals surface area contributed by atoms with Gasteiger partial charge < -0.3 is 23.9 Å². The van der Waals surface area contributed by atoms with Crippen molar-refractivity contribution in [2.45, 2.75) is 50.9 Å². The largest absolute Gasteiger partial charge is 0.480 e. The molecule has 2 fully saturated rings. The van der Waals surface area contributed by atoms with Crippen molar-refractivity contribution in [3.05, 3.63) is 53.5 Å². The molecule has 9 nitrogen and oxygen atoms in total. The summed E-state index contributed by atoms with van der Waals surface area (Å²) in [7, 11) is 0. The second-order valence-corrected chi connectivity index (χ2v) is 10.4. The number of nitrogens with zero attached hydrogens (tertiary/aromatic N) is 4. The summed E-state index contributed by atoms with van der Waals surface area (Å²) < 4.78 is 61.6. The maximum Gasteiger partial charge on any atom is 0.326 e. The fourth-order valence-corrected chi connectivity index (χ4v) is 5.60. The first-order valence-corrected chi connectivity index (χ1v) is 13.0. The van der Waals surface area contributed by atoms with Crippen LogP contribution >= 0.6 is 0 Å². The average Bonchev–Trinajstić information content (AvgIpc) is 3.52. The van der Waals surface area contributed by atoms with Gasteiger partial charge in [-0.2, -0.15) is 0 Å². The highest BCUT2D eigenvalue weighted by atomic mass is 19.3. The normalized spacial score (nSPS) is 25.2. The van der Waals surface area contributed by atoms with E-state index in [4.69, 9.17) is 13.9 Å². The molecule has 210 valence electrons. The van der Waals surface area contributed by atoms with Crippen LogP contribution in [0.15, 0.2) is 40.9 Å². The van der Waals surface area contributed by atoms with Gasteiger partial charge in [0.25, 0.3) is 6.43 Å². The number of aliphatic carboxylic acids is 1. The van der Waals surface area contributed by atoms with Crippen LogP contribution in [0.5, 0.6) is 5.88 Å². The first-order valence-electron chi connectivity index (χ1n) is 13.0. The van der Waals surface area contributed by atoms with Gasteiger partial charge in [0, 0.05) is 36.9 Å². The molecule has 4 atom stereocenters. The Morgan fingerprint density at radius 1 is 1.27 bits per heavy atom. The molecule has 12 heteroatoms. The van der Waals surface area contributed by atoms with Gasteiger partial charge in [-0.25, -0.2) is 32.9 Å². The van der Waals surface area contributed by atoms with E-state index in [2.05, 4.69) is 15.0 Å². The third-order valence-corrected chi connectivity index (χ3v) is 7.71. The number of furan rings is 1. The number of hydrogen-bond donors (Lipinski definition) is 1. The highest BCUT2D eigenvalue weighted by Crippen LogP contribution is 2.45. The minimum Gasteiger partial charge on any atom is -0.480 e. The summed E-state index contributed by atoms with van der Waals surface area (Å²) in [5.74, 6) is -2.37. The summed E-state index contributed by atoms with van der Waals surface area (Å²) in [5, 5.41) is 10.6. The van der Waals surface area contributed by atoms with Gasteiger partial charge >= 0.3 is 5.97 Å². The molecule has 2 aliphatic rings. The number of pyridine rings is 1. The van der Waals surface area contributed by atoms with Gasteiger partial charge in [-0.3, -0.25) is 0 Å². The SMILES string of the molecule is Cc1cnc(O[C@H]2C[C@@H](C(=O)O)N(c3nc(C(F)F)nc4c3oc3ccccc34)C2)c([C@@]2(F)CCOC[C@@H]2C)c1. The summed E-state index contributed by atoms with van der Waals surface area (Å²) in [5.41, 5.74) is -0.0236. The van der Waals surface area contributed by atoms with Gasteiger partial charge in [-0.15, -0.1) is 0 Å². The minimum atomic E-state index is -2.99. The van der Waals surface area contributed by atoms with Crippen molar-refractivity contribution < 1.29 is 37.0 Å². The smallest absolute Gasteiger partial charge is 0.326 e. The Kier molecular flexibility index (Phi) is 6.52. The average molecular weight is 557 g/mol. The van der Waals surface area contributed by atoms with E-state index in [0.717, 1.165) is 5.56 Å². The maximum atomic E-state index is 16.4. The molecule has 0 saturated carbocycles. The number of carboxylic acids is 1. The number of hydrogen-bond acceptors (Lipinski definition) is 8. The molecule has 2 saturated heterocycles. The zero-order valence-corrected chi connectivity index (χ0v) is 21.8. The summed E-state index contributed by atoms with van der Waals surface area (Å²) in [6.07, 6.45) is -2.07. The van der Waals surface area contributed by atoms with E-state index in [9.17, 15) is 18.7 Å². The van der Waals surface area contributed by atoms with Crippen molar-refractivity contribution in [1.82, 2.24) is 15.0 Å². The van der Waals surface area contributed by atoms with Gasteiger partial charge in [0.15, 0.2) is 17.2 Å². The Morgan fingerprint density at radius 3 is 2.83 bits per heavy atom. The van der Waals surface area contributed by atoms with Crippen LogP contribution in [0.3, 0.4) is 0 Å². The second kappa shape index (κ2) is 9.92. The van der Waals surface area contributed by atoms with E-state index < -0.39 is 42.0 Å². The number of fused-ring (bicyclic) bond motifs is 3. The number of anilines is 1. The fourth-order valence-electron chi connectivity index (χ4n) is 5.60. The molecule has 0 radical (unpaired) electrons. The van der Waals surface area contributed by atoms with E-state index >= 15 is 4.39 Å². The third-order valence-electron chi connectivity index (χ3n) is 7.71. The third kappa shape index (κ3) is 4.40. The first kappa shape index (κ1) is 26.3. The first-order chi connectivity index (χ1) is 19.2. The maximum absolute atomic E-state index is 16.4. The number of aryl methyl sites for hydroxylation is 1. The van der Waals surface area contributed by atoms with Crippen molar-refractivity contribution in [2.75, 3.05) is 24.7 Å². The van der Waals surface area contributed by atoms with Gasteiger partial charge in [-0.1, -0.05) is 19.1 Å². The van der Waals surface area contributed by atoms with Gasteiger partial charge in [0.05, 0.1) is 18.7 Å². The molecule has 0 spiro atoms. The number of halogens is 3. The molecule has 5 heterocycles. The summed E-state index contributed by atoms with van der Waals surface area (Å²) in [4.78, 5) is 26.2. The number of aromatic nitrogens is 3. The summed E-state index contributed by atoms with van der Waals surface area (Å²) in [6.45, 7) is 4.03. The lowest BCUT2D eigenvalue weighted by Crippen LogP contribution is -2.38. The Labute approximate surface area is 226 Å². The highest BCUT2D eigenvalue weighted by molar-refractivity contribution is 6.06. The molecule has 6 rings (SSSR count). The summed E-state index contributed by atoms with van der Waals surface area (Å²) >= 11 is 0. The predicted molar refractivity (Wildman–Crippen MR) is 138 cm³/mol. The minimum absolute atomic E-state index is 0.0159. The lowest BCUT2D eigenvalue weighted by atomic mass is 9.80. The monoisotopic (exact) mass is 556 g/mol. The molecule has 3 aromatic heterocycles. The zero-order chi connectivity index (χ0) is 28.2. The molecule has 2 aliphatic heterocycles. The topological polar surface area (TPSA) is 111 Å². The quantitative estimate of drug-likeness (QED) is 0.336. The van der Waals surface area contributed by atoms with E-state index in [-0.39, 0.29) is 61.0 Å². The number of benzene rings is 1. The predicted octanol–water partition coefficient (Wildman–Crippen LogP) is 5.35. The van der Waals surface area contributed by atoms with Crippen LogP contribution in [0.2, 0.25) is 0 Å². The number of para-hydroxylation sites is 1. The van der Waals surface area contributed by atoms with E-state index in [1.54, 1.807) is 50.4 Å². The Balaban J connectivity index is 1.39. The van der Waals surface area contributed by atoms with Crippen molar-refractivity contribution >= 4 is 33.9 Å². The van der Waals surface area contributed by atoms with Crippen LogP contribution in [-0.2, 0) is 15.2 Å². The van der Waals surface area contributed by atoms with Crippen molar-refractivity contribution in [2.24, 2.45) is 5.92 Å². The van der Waals surface area contributed by atoms with E-state index in [1.165, 1.54) is 4.90 Å². The van der Waals surface area contributed by atoms with Crippen LogP contribution in [0.4, 0.5) is 19.0 Å². The van der Waals surface area contributed by atoms with Crippen molar-refractivity contribution in [3.63, 3.8) is 0 Å². The fraction of sp³-hybridized carbons (Fsp3) is 0.429. The molecule has 0 bridgehead atoms. The Hall–Kier alpha value is -3.93. The molecule has 1 aromatic carbocycles. The summed E-state index contributed by atoms with van der Waals surface area (Å²) in [6, 6.07) is 7.34. The number of ether oxygens (including phenoxy) is 2. The molecule has 0 amide bonds. The van der Waals surface area contributed by atoms with E-state index in [1.807, 2.05) is 0 Å². The lowest BCUT2D eigenvalue weighted by Gasteiger charge is -2.36. The van der Waals surface area contributed by atoms with Crippen molar-refractivity contribution in [3.8, 4) is 5.88 Å². The number of alkyl halides is 3. The van der Waals surface area contributed by atoms with Crippen LogP contribution in [0, 0.1) is 12.8 Å². The van der Waals surface area contributed by atoms with E-state index in [0.29, 0.717) is 11.0 Å². The number of carbonyl (C=O) groups is 1. The lowest BCUT2D eigenvalue weighted by molar-refractivity contribution is -0.138.